The molecule has 1 aromatic carbocycles. The highest BCUT2D eigenvalue weighted by molar-refractivity contribution is 5.82. The summed E-state index contributed by atoms with van der Waals surface area (Å²) >= 11 is 0. The van der Waals surface area contributed by atoms with Crippen LogP contribution in [0, 0.1) is 6.92 Å². The van der Waals surface area contributed by atoms with E-state index in [2.05, 4.69) is 10.1 Å². The first-order valence-electron chi connectivity index (χ1n) is 4.77. The summed E-state index contributed by atoms with van der Waals surface area (Å²) in [6.07, 6.45) is 0.451. The Hall–Kier alpha value is -2.17. The molecular formula is C11H10N2O3. The quantitative estimate of drug-likeness (QED) is 0.847. The van der Waals surface area contributed by atoms with Gasteiger partial charge in [-0.3, -0.25) is 0 Å². The normalized spacial score (nSPS) is 10.3. The SMILES string of the molecule is Cc1ccccc1Cc1nc(C(=O)O)no1. The molecule has 0 spiro atoms. The number of hydrogen-bond acceptors (Lipinski definition) is 4. The average Bonchev–Trinajstić information content (AvgIpc) is 2.70. The van der Waals surface area contributed by atoms with Gasteiger partial charge in [0.25, 0.3) is 5.82 Å². The van der Waals surface area contributed by atoms with Crippen LogP contribution < -0.4 is 0 Å². The molecule has 0 radical (unpaired) electrons. The van der Waals surface area contributed by atoms with Gasteiger partial charge >= 0.3 is 5.97 Å². The van der Waals surface area contributed by atoms with E-state index in [1.165, 1.54) is 0 Å². The third-order valence-corrected chi connectivity index (χ3v) is 2.26. The largest absolute Gasteiger partial charge is 0.475 e. The first kappa shape index (κ1) is 10.4. The molecule has 2 aromatic rings. The van der Waals surface area contributed by atoms with Crippen molar-refractivity contribution >= 4 is 5.97 Å². The molecule has 0 amide bonds. The average molecular weight is 218 g/mol. The summed E-state index contributed by atoms with van der Waals surface area (Å²) in [5.74, 6) is -1.17. The van der Waals surface area contributed by atoms with Gasteiger partial charge in [-0.05, 0) is 23.2 Å². The van der Waals surface area contributed by atoms with Crippen molar-refractivity contribution in [1.29, 1.82) is 0 Å². The zero-order valence-corrected chi connectivity index (χ0v) is 8.67. The third-order valence-electron chi connectivity index (χ3n) is 2.26. The molecule has 0 saturated heterocycles. The zero-order valence-electron chi connectivity index (χ0n) is 8.67. The highest BCUT2D eigenvalue weighted by atomic mass is 16.5. The molecule has 0 aliphatic rings. The summed E-state index contributed by atoms with van der Waals surface area (Å²) in [4.78, 5) is 14.3. The highest BCUT2D eigenvalue weighted by Crippen LogP contribution is 2.12. The maximum absolute atomic E-state index is 10.5. The van der Waals surface area contributed by atoms with Crippen molar-refractivity contribution in [2.24, 2.45) is 0 Å². The van der Waals surface area contributed by atoms with Gasteiger partial charge in [0.2, 0.25) is 5.89 Å². The lowest BCUT2D eigenvalue weighted by atomic mass is 10.1. The van der Waals surface area contributed by atoms with Gasteiger partial charge < -0.3 is 9.63 Å². The molecule has 16 heavy (non-hydrogen) atoms. The van der Waals surface area contributed by atoms with Crippen LogP contribution >= 0.6 is 0 Å². The summed E-state index contributed by atoms with van der Waals surface area (Å²) in [5.41, 5.74) is 2.15. The maximum Gasteiger partial charge on any atom is 0.377 e. The summed E-state index contributed by atoms with van der Waals surface area (Å²) in [7, 11) is 0. The molecule has 2 rings (SSSR count). The van der Waals surface area contributed by atoms with Crippen molar-refractivity contribution in [3.63, 3.8) is 0 Å². The fraction of sp³-hybridized carbons (Fsp3) is 0.182. The Morgan fingerprint density at radius 1 is 1.44 bits per heavy atom. The molecular weight excluding hydrogens is 208 g/mol. The summed E-state index contributed by atoms with van der Waals surface area (Å²) < 4.78 is 4.84. The second kappa shape index (κ2) is 4.14. The number of carboxylic acid groups (broad SMARTS) is 1. The number of rotatable bonds is 3. The van der Waals surface area contributed by atoms with Crippen molar-refractivity contribution in [2.75, 3.05) is 0 Å². The fourth-order valence-corrected chi connectivity index (χ4v) is 1.38. The summed E-state index contributed by atoms with van der Waals surface area (Å²) in [5, 5.41) is 12.0. The van der Waals surface area contributed by atoms with Gasteiger partial charge in [0.05, 0.1) is 6.42 Å². The van der Waals surface area contributed by atoms with Crippen LogP contribution in [0.1, 0.15) is 27.6 Å². The van der Waals surface area contributed by atoms with Crippen LogP contribution in [0.25, 0.3) is 0 Å². The van der Waals surface area contributed by atoms with Crippen molar-refractivity contribution in [1.82, 2.24) is 10.1 Å². The molecule has 1 N–H and O–H groups in total. The molecule has 0 aliphatic carbocycles. The molecule has 0 unspecified atom stereocenters. The summed E-state index contributed by atoms with van der Waals surface area (Å²) in [6.45, 7) is 1.98. The van der Waals surface area contributed by atoms with Gasteiger partial charge in [0.15, 0.2) is 0 Å². The molecule has 5 nitrogen and oxygen atoms in total. The van der Waals surface area contributed by atoms with Crippen LogP contribution in [-0.4, -0.2) is 21.2 Å². The summed E-state index contributed by atoms with van der Waals surface area (Å²) in [6, 6.07) is 7.77. The minimum Gasteiger partial charge on any atom is -0.475 e. The van der Waals surface area contributed by atoms with Gasteiger partial charge in [-0.25, -0.2) is 4.79 Å². The second-order valence-corrected chi connectivity index (χ2v) is 3.42. The van der Waals surface area contributed by atoms with Crippen LogP contribution in [0.2, 0.25) is 0 Å². The Kier molecular flexibility index (Phi) is 2.68. The number of carboxylic acids is 1. The minimum atomic E-state index is -1.18. The lowest BCUT2D eigenvalue weighted by Crippen LogP contribution is -1.99. The molecule has 1 aromatic heterocycles. The van der Waals surface area contributed by atoms with E-state index >= 15 is 0 Å². The third kappa shape index (κ3) is 2.08. The number of carbonyl (C=O) groups is 1. The Morgan fingerprint density at radius 3 is 2.81 bits per heavy atom. The van der Waals surface area contributed by atoms with E-state index in [4.69, 9.17) is 9.63 Å². The number of aryl methyl sites for hydroxylation is 1. The van der Waals surface area contributed by atoms with Crippen molar-refractivity contribution in [3.8, 4) is 0 Å². The molecule has 0 bridgehead atoms. The van der Waals surface area contributed by atoms with Gasteiger partial charge in [0.1, 0.15) is 0 Å². The van der Waals surface area contributed by atoms with E-state index in [0.29, 0.717) is 12.3 Å². The molecule has 1 heterocycles. The molecule has 5 heteroatoms. The topological polar surface area (TPSA) is 76.2 Å². The Balaban J connectivity index is 2.21. The smallest absolute Gasteiger partial charge is 0.377 e. The fourth-order valence-electron chi connectivity index (χ4n) is 1.38. The molecule has 0 aliphatic heterocycles. The lowest BCUT2D eigenvalue weighted by molar-refractivity contribution is 0.0680. The van der Waals surface area contributed by atoms with E-state index in [1.54, 1.807) is 0 Å². The maximum atomic E-state index is 10.5. The number of aromatic nitrogens is 2. The Labute approximate surface area is 91.7 Å². The zero-order chi connectivity index (χ0) is 11.5. The van der Waals surface area contributed by atoms with Gasteiger partial charge in [-0.2, -0.15) is 4.98 Å². The molecule has 0 fully saturated rings. The second-order valence-electron chi connectivity index (χ2n) is 3.42. The van der Waals surface area contributed by atoms with Crippen molar-refractivity contribution in [2.45, 2.75) is 13.3 Å². The first-order valence-corrected chi connectivity index (χ1v) is 4.77. The van der Waals surface area contributed by atoms with Gasteiger partial charge in [-0.1, -0.05) is 24.3 Å². The molecule has 0 atom stereocenters. The Bertz CT molecular complexity index is 519. The van der Waals surface area contributed by atoms with E-state index in [1.807, 2.05) is 31.2 Å². The van der Waals surface area contributed by atoms with E-state index in [9.17, 15) is 4.79 Å². The van der Waals surface area contributed by atoms with Crippen LogP contribution in [0.5, 0.6) is 0 Å². The van der Waals surface area contributed by atoms with Crippen LogP contribution in [0.15, 0.2) is 28.8 Å². The van der Waals surface area contributed by atoms with Gasteiger partial charge in [0, 0.05) is 0 Å². The van der Waals surface area contributed by atoms with Gasteiger partial charge in [-0.15, -0.1) is 0 Å². The lowest BCUT2D eigenvalue weighted by Gasteiger charge is -2.00. The highest BCUT2D eigenvalue weighted by Gasteiger charge is 2.13. The first-order chi connectivity index (χ1) is 7.66. The number of aromatic carboxylic acids is 1. The van der Waals surface area contributed by atoms with E-state index < -0.39 is 5.97 Å². The molecule has 82 valence electrons. The minimum absolute atomic E-state index is 0.302. The van der Waals surface area contributed by atoms with Crippen LogP contribution in [0.4, 0.5) is 0 Å². The van der Waals surface area contributed by atoms with Crippen LogP contribution in [0.3, 0.4) is 0 Å². The van der Waals surface area contributed by atoms with E-state index in [-0.39, 0.29) is 5.82 Å². The standard InChI is InChI=1S/C11H10N2O3/c1-7-4-2-3-5-8(7)6-9-12-10(11(14)15)13-16-9/h2-5H,6H2,1H3,(H,14,15). The monoisotopic (exact) mass is 218 g/mol. The predicted octanol–water partition coefficient (Wildman–Crippen LogP) is 1.67. The number of hydrogen-bond donors (Lipinski definition) is 1. The van der Waals surface area contributed by atoms with Crippen molar-refractivity contribution in [3.05, 3.63) is 47.1 Å². The van der Waals surface area contributed by atoms with E-state index in [0.717, 1.165) is 11.1 Å². The predicted molar refractivity (Wildman–Crippen MR) is 55.2 cm³/mol. The molecule has 0 saturated carbocycles. The van der Waals surface area contributed by atoms with Crippen molar-refractivity contribution < 1.29 is 14.4 Å². The van der Waals surface area contributed by atoms with Crippen LogP contribution in [-0.2, 0) is 6.42 Å². The Morgan fingerprint density at radius 2 is 2.19 bits per heavy atom. The number of nitrogens with zero attached hydrogens (tertiary/aromatic N) is 2. The number of benzene rings is 1.